The monoisotopic (exact) mass is 301 g/mol. The van der Waals surface area contributed by atoms with Crippen molar-refractivity contribution < 1.29 is 9.36 Å². The van der Waals surface area contributed by atoms with Gasteiger partial charge in [0.2, 0.25) is 0 Å². The van der Waals surface area contributed by atoms with Crippen LogP contribution in [-0.2, 0) is 15.8 Å². The van der Waals surface area contributed by atoms with Gasteiger partial charge in [0, 0.05) is 0 Å². The summed E-state index contributed by atoms with van der Waals surface area (Å²) < 4.78 is 10.8. The van der Waals surface area contributed by atoms with E-state index in [1.807, 2.05) is 6.07 Å². The number of rotatable bonds is 3. The molecule has 2 aromatic carbocycles. The van der Waals surface area contributed by atoms with E-state index in [0.717, 1.165) is 6.42 Å². The fourth-order valence-corrected chi connectivity index (χ4v) is 2.99. The summed E-state index contributed by atoms with van der Waals surface area (Å²) >= 11 is 0. The lowest BCUT2D eigenvalue weighted by Crippen LogP contribution is -1.93. The van der Waals surface area contributed by atoms with Crippen LogP contribution in [0.3, 0.4) is 0 Å². The highest BCUT2D eigenvalue weighted by Gasteiger charge is 2.15. The quantitative estimate of drug-likeness (QED) is 0.617. The summed E-state index contributed by atoms with van der Waals surface area (Å²) in [7, 11) is -1.80. The van der Waals surface area contributed by atoms with Crippen LogP contribution in [0.4, 0.5) is 0 Å². The van der Waals surface area contributed by atoms with Crippen molar-refractivity contribution in [2.75, 3.05) is 0 Å². The van der Waals surface area contributed by atoms with Gasteiger partial charge in [-0.05, 0) is 56.0 Å². The van der Waals surface area contributed by atoms with E-state index in [2.05, 4.69) is 39.8 Å². The lowest BCUT2D eigenvalue weighted by Gasteiger charge is -2.08. The summed E-state index contributed by atoms with van der Waals surface area (Å²) in [4.78, 5) is 10.0. The Kier molecular flexibility index (Phi) is 6.98. The van der Waals surface area contributed by atoms with Gasteiger partial charge in [-0.2, -0.15) is 0 Å². The molecule has 2 nitrogen and oxygen atoms in total. The van der Waals surface area contributed by atoms with Gasteiger partial charge in [-0.25, -0.2) is 4.79 Å². The maximum atomic E-state index is 10.8. The van der Waals surface area contributed by atoms with Gasteiger partial charge < -0.3 is 0 Å². The highest BCUT2D eigenvalue weighted by atomic mass is 31.1. The number of hydrogen-bond acceptors (Lipinski definition) is 2. The van der Waals surface area contributed by atoms with Gasteiger partial charge in [0.05, 0.1) is 0 Å². The molecular formula is C18H22O2P+. The zero-order valence-electron chi connectivity index (χ0n) is 13.1. The van der Waals surface area contributed by atoms with Crippen LogP contribution in [-0.4, -0.2) is 6.03 Å². The van der Waals surface area contributed by atoms with Crippen LogP contribution in [0.25, 0.3) is 0 Å². The lowest BCUT2D eigenvalue weighted by molar-refractivity contribution is 0.560. The minimum Gasteiger partial charge on any atom is -0.243 e. The fraction of sp³-hybridized carbons (Fsp3) is 0.278. The largest absolute Gasteiger partial charge is 0.449 e. The van der Waals surface area contributed by atoms with Gasteiger partial charge in [-0.15, -0.1) is 0 Å². The van der Waals surface area contributed by atoms with E-state index in [9.17, 15) is 9.36 Å². The molecule has 0 fully saturated rings. The van der Waals surface area contributed by atoms with Gasteiger partial charge in [0.15, 0.2) is 5.30 Å². The van der Waals surface area contributed by atoms with E-state index >= 15 is 0 Å². The van der Waals surface area contributed by atoms with Crippen LogP contribution in [0, 0.1) is 20.8 Å². The Balaban J connectivity index is 0.000000211. The van der Waals surface area contributed by atoms with Gasteiger partial charge in [-0.1, -0.05) is 47.4 Å². The molecule has 3 heteroatoms. The van der Waals surface area contributed by atoms with Crippen molar-refractivity contribution in [2.24, 2.45) is 0 Å². The van der Waals surface area contributed by atoms with Crippen molar-refractivity contribution in [3.63, 3.8) is 0 Å². The molecule has 0 saturated heterocycles. The molecule has 21 heavy (non-hydrogen) atoms. The zero-order valence-corrected chi connectivity index (χ0v) is 14.0. The molecule has 2 aromatic rings. The molecule has 0 amide bonds. The summed E-state index contributed by atoms with van der Waals surface area (Å²) in [5.41, 5.74) is 5.75. The molecule has 0 N–H and O–H groups in total. The first kappa shape index (κ1) is 17.3. The molecule has 0 bridgehead atoms. The van der Waals surface area contributed by atoms with Crippen LogP contribution in [0.5, 0.6) is 0 Å². The highest BCUT2D eigenvalue weighted by Crippen LogP contribution is 2.16. The Morgan fingerprint density at radius 2 is 1.52 bits per heavy atom. The Labute approximate surface area is 128 Å². The van der Waals surface area contributed by atoms with Crippen molar-refractivity contribution in [2.45, 2.75) is 34.1 Å². The molecule has 0 aromatic heterocycles. The van der Waals surface area contributed by atoms with E-state index in [1.165, 1.54) is 22.3 Å². The van der Waals surface area contributed by atoms with Gasteiger partial charge in [0.25, 0.3) is 0 Å². The molecule has 110 valence electrons. The molecule has 0 radical (unpaired) electrons. The van der Waals surface area contributed by atoms with Gasteiger partial charge >= 0.3 is 13.8 Å². The summed E-state index contributed by atoms with van der Waals surface area (Å²) in [5.74, 6) is 0. The van der Waals surface area contributed by atoms with Crippen LogP contribution in [0.15, 0.2) is 42.5 Å². The van der Waals surface area contributed by atoms with E-state index < -0.39 is 7.80 Å². The molecule has 1 atom stereocenters. The molecule has 0 spiro atoms. The van der Waals surface area contributed by atoms with Crippen LogP contribution in [0.1, 0.15) is 29.2 Å². The smallest absolute Gasteiger partial charge is 0.243 e. The Hall–Kier alpha value is -1.79. The third kappa shape index (κ3) is 5.24. The van der Waals surface area contributed by atoms with E-state index in [-0.39, 0.29) is 0 Å². The molecular weight excluding hydrogens is 279 g/mol. The van der Waals surface area contributed by atoms with E-state index in [4.69, 9.17) is 0 Å². The molecule has 1 unspecified atom stereocenters. The minimum atomic E-state index is -1.80. The summed E-state index contributed by atoms with van der Waals surface area (Å²) in [6.07, 6.45) is 1.15. The average Bonchev–Trinajstić information content (AvgIpc) is 2.47. The molecule has 0 aliphatic heterocycles. The molecule has 0 heterocycles. The molecule has 0 aliphatic carbocycles. The molecule has 0 aliphatic rings. The number of hydrogen-bond donors (Lipinski definition) is 0. The Bertz CT molecular complexity index is 595. The predicted molar refractivity (Wildman–Crippen MR) is 90.5 cm³/mol. The molecule has 2 rings (SSSR count). The van der Waals surface area contributed by atoms with Crippen LogP contribution in [0.2, 0.25) is 0 Å². The SMILES string of the molecule is CCc1c(C)cc(C)cc1C.O=C[P+](=O)c1ccccc1. The fourth-order valence-electron chi connectivity index (χ4n) is 2.40. The summed E-state index contributed by atoms with van der Waals surface area (Å²) in [5, 5.41) is 0.590. The number of carbonyl (C=O) groups excluding carboxylic acids is 1. The maximum Gasteiger partial charge on any atom is 0.449 e. The summed E-state index contributed by atoms with van der Waals surface area (Å²) in [6, 6.07) is 13.7. The van der Waals surface area contributed by atoms with Crippen molar-refractivity contribution in [3.8, 4) is 0 Å². The second-order valence-corrected chi connectivity index (χ2v) is 6.38. The van der Waals surface area contributed by atoms with E-state index in [0.29, 0.717) is 11.3 Å². The minimum absolute atomic E-state index is 0.463. The zero-order chi connectivity index (χ0) is 15.8. The first-order valence-corrected chi connectivity index (χ1v) is 8.35. The summed E-state index contributed by atoms with van der Waals surface area (Å²) in [6.45, 7) is 8.75. The van der Waals surface area contributed by atoms with Crippen molar-refractivity contribution in [1.29, 1.82) is 0 Å². The number of benzene rings is 2. The first-order chi connectivity index (χ1) is 9.99. The second-order valence-electron chi connectivity index (χ2n) is 5.00. The Morgan fingerprint density at radius 3 is 1.95 bits per heavy atom. The standard InChI is InChI=1S/C11H16.C7H6O2P/c1-5-11-9(3)6-8(2)7-10(11)4;8-6-10(9)7-4-2-1-3-5-7/h6-7H,5H2,1-4H3;1-6H/q;+1. The molecule has 0 saturated carbocycles. The Morgan fingerprint density at radius 1 is 1.00 bits per heavy atom. The van der Waals surface area contributed by atoms with Crippen molar-refractivity contribution in [3.05, 3.63) is 64.7 Å². The van der Waals surface area contributed by atoms with Crippen LogP contribution >= 0.6 is 7.80 Å². The topological polar surface area (TPSA) is 34.1 Å². The number of aryl methyl sites for hydroxylation is 3. The van der Waals surface area contributed by atoms with Gasteiger partial charge in [0.1, 0.15) is 0 Å². The third-order valence-electron chi connectivity index (χ3n) is 3.30. The predicted octanol–water partition coefficient (Wildman–Crippen LogP) is 4.50. The number of carbonyl (C=O) groups is 1. The van der Waals surface area contributed by atoms with Gasteiger partial charge in [-0.3, -0.25) is 0 Å². The third-order valence-corrected chi connectivity index (χ3v) is 4.30. The van der Waals surface area contributed by atoms with Crippen molar-refractivity contribution in [1.82, 2.24) is 0 Å². The average molecular weight is 301 g/mol. The highest BCUT2D eigenvalue weighted by molar-refractivity contribution is 7.68. The first-order valence-electron chi connectivity index (χ1n) is 7.03. The van der Waals surface area contributed by atoms with E-state index in [1.54, 1.807) is 24.3 Å². The van der Waals surface area contributed by atoms with Crippen LogP contribution < -0.4 is 5.30 Å². The normalized spacial score (nSPS) is 10.4. The van der Waals surface area contributed by atoms with Crippen molar-refractivity contribution >= 4 is 19.1 Å². The second kappa shape index (κ2) is 8.49. The maximum absolute atomic E-state index is 10.8. The lowest BCUT2D eigenvalue weighted by atomic mass is 9.98.